The van der Waals surface area contributed by atoms with Crippen molar-refractivity contribution in [3.05, 3.63) is 82.6 Å². The second kappa shape index (κ2) is 18.6. The molecule has 0 unspecified atom stereocenters. The van der Waals surface area contributed by atoms with E-state index < -0.39 is 24.3 Å². The highest BCUT2D eigenvalue weighted by atomic mass is 35.5. The molecule has 0 radical (unpaired) electrons. The van der Waals surface area contributed by atoms with Crippen LogP contribution in [0, 0.1) is 29.6 Å². The molecule has 18 heteroatoms. The Kier molecular flexibility index (Phi) is 12.3. The predicted molar refractivity (Wildman–Crippen MR) is 257 cm³/mol. The van der Waals surface area contributed by atoms with Gasteiger partial charge in [0.05, 0.1) is 26.3 Å². The first-order chi connectivity index (χ1) is 33.5. The third kappa shape index (κ3) is 8.61. The van der Waals surface area contributed by atoms with E-state index in [9.17, 15) is 19.2 Å². The number of hydrogen-bond donors (Lipinski definition) is 4. The number of benzene rings is 3. The minimum Gasteiger partial charge on any atom is -0.453 e. The molecule has 2 aromatic heterocycles. The number of imidazole rings is 2. The van der Waals surface area contributed by atoms with Crippen LogP contribution in [0.1, 0.15) is 75.6 Å². The first kappa shape index (κ1) is 45.7. The van der Waals surface area contributed by atoms with E-state index >= 15 is 0 Å². The zero-order valence-corrected chi connectivity index (χ0v) is 40.2. The molecular weight excluding hydrogens is 924 g/mol. The average molecular weight is 980 g/mol. The van der Waals surface area contributed by atoms with Crippen molar-refractivity contribution < 1.29 is 38.1 Å². The number of carbonyl (C=O) groups excluding carboxylic acids is 4. The van der Waals surface area contributed by atoms with Crippen LogP contribution in [0.5, 0.6) is 0 Å². The number of nitrogens with one attached hydrogen (secondary N) is 4. The molecule has 6 heterocycles. The molecule has 6 aliphatic rings. The fourth-order valence-electron chi connectivity index (χ4n) is 11.9. The number of ether oxygens (including phenoxy) is 4. The molecule has 5 aromatic rings. The van der Waals surface area contributed by atoms with Crippen molar-refractivity contribution in [1.29, 1.82) is 0 Å². The molecule has 0 spiro atoms. The number of rotatable bonds is 11. The van der Waals surface area contributed by atoms with E-state index in [1.807, 2.05) is 28.0 Å². The maximum absolute atomic E-state index is 14.5. The van der Waals surface area contributed by atoms with Crippen molar-refractivity contribution in [2.75, 3.05) is 40.6 Å². The van der Waals surface area contributed by atoms with Crippen LogP contribution in [0.3, 0.4) is 0 Å². The minimum atomic E-state index is -0.729. The van der Waals surface area contributed by atoms with E-state index in [2.05, 4.69) is 70.0 Å². The average Bonchev–Trinajstić information content (AvgIpc) is 3.90. The second-order valence-corrected chi connectivity index (χ2v) is 20.4. The molecule has 4 saturated heterocycles. The first-order valence-electron chi connectivity index (χ1n) is 24.1. The molecule has 9 atom stereocenters. The van der Waals surface area contributed by atoms with Gasteiger partial charge in [-0.05, 0) is 109 Å². The van der Waals surface area contributed by atoms with Gasteiger partial charge < -0.3 is 49.3 Å². The van der Waals surface area contributed by atoms with Gasteiger partial charge in [-0.2, -0.15) is 0 Å². The number of nitrogens with zero attached hydrogens (tertiary/aromatic N) is 4. The van der Waals surface area contributed by atoms with Gasteiger partial charge >= 0.3 is 12.2 Å². The molecule has 2 aliphatic carbocycles. The number of likely N-dealkylation sites (tertiary alicyclic amines) is 2. The van der Waals surface area contributed by atoms with Gasteiger partial charge in [0.1, 0.15) is 45.4 Å². The molecule has 362 valence electrons. The number of fused-ring (bicyclic) bond motifs is 3. The van der Waals surface area contributed by atoms with Crippen molar-refractivity contribution in [2.45, 2.75) is 88.1 Å². The Morgan fingerprint density at radius 3 is 1.70 bits per heavy atom. The summed E-state index contributed by atoms with van der Waals surface area (Å²) in [7, 11) is 2.62. The SMILES string of the molecule is COC(=O)N[C@H](C(=O)N1[C@@H]2[C@H](C)[C@@H]2C[C@H]1c1nc(-c2ccc(-c3ccc4cc(-c5nc([C@@H]6C[C@H]7C[C@H]7N6C(=O)[C@@H](NC(=O)OC)C6CCOCC6)[nH]c5Cl)ccc4c3)cc2)c(Cl)[nH]1)C1CCOCC1. The maximum atomic E-state index is 14.5. The van der Waals surface area contributed by atoms with Gasteiger partial charge in [0.2, 0.25) is 11.8 Å². The monoisotopic (exact) mass is 978 g/mol. The maximum Gasteiger partial charge on any atom is 0.407 e. The van der Waals surface area contributed by atoms with Gasteiger partial charge in [-0.1, -0.05) is 78.7 Å². The van der Waals surface area contributed by atoms with E-state index in [-0.39, 0.29) is 47.8 Å². The topological polar surface area (TPSA) is 193 Å². The lowest BCUT2D eigenvalue weighted by Gasteiger charge is -2.35. The van der Waals surface area contributed by atoms with E-state index in [0.717, 1.165) is 52.3 Å². The highest BCUT2D eigenvalue weighted by molar-refractivity contribution is 6.32. The van der Waals surface area contributed by atoms with Crippen molar-refractivity contribution in [1.82, 2.24) is 40.4 Å². The normalized spacial score (nSPS) is 26.2. The Balaban J connectivity index is 0.793. The van der Waals surface area contributed by atoms with Gasteiger partial charge in [-0.15, -0.1) is 0 Å². The number of carbonyl (C=O) groups is 4. The number of methoxy groups -OCH3 is 2. The molecule has 11 rings (SSSR count). The number of halogens is 2. The molecule has 16 nitrogen and oxygen atoms in total. The summed E-state index contributed by atoms with van der Waals surface area (Å²) < 4.78 is 21.0. The fourth-order valence-corrected chi connectivity index (χ4v) is 12.4. The summed E-state index contributed by atoms with van der Waals surface area (Å²) in [6.45, 7) is 4.33. The second-order valence-electron chi connectivity index (χ2n) is 19.6. The Morgan fingerprint density at radius 1 is 0.652 bits per heavy atom. The quantitative estimate of drug-likeness (QED) is 0.0998. The summed E-state index contributed by atoms with van der Waals surface area (Å²) in [6.07, 6.45) is 3.90. The van der Waals surface area contributed by atoms with Crippen molar-refractivity contribution in [3.63, 3.8) is 0 Å². The number of H-pyrrole nitrogens is 2. The zero-order valence-electron chi connectivity index (χ0n) is 38.7. The van der Waals surface area contributed by atoms with Crippen LogP contribution in [0.4, 0.5) is 9.59 Å². The molecule has 69 heavy (non-hydrogen) atoms. The largest absolute Gasteiger partial charge is 0.453 e. The van der Waals surface area contributed by atoms with Crippen LogP contribution in [-0.2, 0) is 28.5 Å². The molecule has 4 N–H and O–H groups in total. The molecule has 6 fully saturated rings. The number of piperidine rings is 2. The summed E-state index contributed by atoms with van der Waals surface area (Å²) in [6, 6.07) is 18.7. The highest BCUT2D eigenvalue weighted by Gasteiger charge is 2.62. The van der Waals surface area contributed by atoms with Crippen molar-refractivity contribution in [3.8, 4) is 33.6 Å². The number of hydrogen-bond acceptors (Lipinski definition) is 10. The van der Waals surface area contributed by atoms with Crippen LogP contribution in [0.15, 0.2) is 60.7 Å². The minimum absolute atomic E-state index is 0.0575. The van der Waals surface area contributed by atoms with E-state index in [4.69, 9.17) is 52.1 Å². The van der Waals surface area contributed by atoms with Crippen molar-refractivity contribution >= 4 is 58.0 Å². The lowest BCUT2D eigenvalue weighted by molar-refractivity contribution is -0.139. The van der Waals surface area contributed by atoms with Crippen LogP contribution in [0.2, 0.25) is 10.3 Å². The van der Waals surface area contributed by atoms with Gasteiger partial charge in [0.15, 0.2) is 0 Å². The highest BCUT2D eigenvalue weighted by Crippen LogP contribution is 2.58. The van der Waals surface area contributed by atoms with E-state index in [1.165, 1.54) is 14.2 Å². The summed E-state index contributed by atoms with van der Waals surface area (Å²) in [5, 5.41) is 8.56. The summed E-state index contributed by atoms with van der Waals surface area (Å²) >= 11 is 13.8. The molecule has 3 aromatic carbocycles. The lowest BCUT2D eigenvalue weighted by atomic mass is 9.90. The molecular formula is C51H56Cl2N8O8. The van der Waals surface area contributed by atoms with Gasteiger partial charge in [0, 0.05) is 49.6 Å². The van der Waals surface area contributed by atoms with Crippen LogP contribution in [0.25, 0.3) is 44.4 Å². The molecule has 4 amide bonds. The third-order valence-corrected chi connectivity index (χ3v) is 16.3. The predicted octanol–water partition coefficient (Wildman–Crippen LogP) is 8.47. The first-order valence-corrected chi connectivity index (χ1v) is 24.9. The zero-order chi connectivity index (χ0) is 47.7. The Hall–Kier alpha value is -5.68. The van der Waals surface area contributed by atoms with Crippen LogP contribution in [-0.4, -0.2) is 119 Å². The van der Waals surface area contributed by atoms with E-state index in [1.54, 1.807) is 0 Å². The van der Waals surface area contributed by atoms with Crippen LogP contribution >= 0.6 is 23.2 Å². The summed E-state index contributed by atoms with van der Waals surface area (Å²) in [4.78, 5) is 74.2. The molecule has 4 aliphatic heterocycles. The fraction of sp³-hybridized carbons (Fsp3) is 0.490. The van der Waals surface area contributed by atoms with Gasteiger partial charge in [0.25, 0.3) is 0 Å². The Bertz CT molecular complexity index is 2790. The Labute approximate surface area is 409 Å². The summed E-state index contributed by atoms with van der Waals surface area (Å²) in [5.74, 6) is 1.99. The molecule has 2 saturated carbocycles. The van der Waals surface area contributed by atoms with E-state index in [0.29, 0.717) is 103 Å². The number of amides is 4. The van der Waals surface area contributed by atoms with Gasteiger partial charge in [-0.3, -0.25) is 9.59 Å². The smallest absolute Gasteiger partial charge is 0.407 e. The lowest BCUT2D eigenvalue weighted by Crippen LogP contribution is -2.54. The van der Waals surface area contributed by atoms with Gasteiger partial charge in [-0.25, -0.2) is 19.6 Å². The standard InChI is InChI=1S/C51H56Cl2N8O8/c1-25-35-24-38(61(43(25)35)49(63)42(57-51(65)67-3)29-14-18-69-19-15-29)47-54-39(44(52)58-47)27-6-4-26(5-7-27)30-8-9-32-21-33(11-10-31(32)20-30)40-45(53)59-46(55-40)37-23-34-22-36(34)60(37)48(62)41(56-50(64)66-2)28-12-16-68-17-13-28/h4-11,20-21,25,28-29,34-38,41-43H,12-19,22-24H2,1-3H3,(H,54,58)(H,55,59)(H,56,64)(H,57,65)/t25-,34-,35+,36-,37+,38+,41+,42+,43-/m1/s1. The number of aromatic nitrogens is 4. The Morgan fingerprint density at radius 2 is 1.13 bits per heavy atom. The summed E-state index contributed by atoms with van der Waals surface area (Å²) in [5.41, 5.74) is 4.97. The number of aromatic amines is 2. The van der Waals surface area contributed by atoms with Crippen LogP contribution < -0.4 is 10.6 Å². The molecule has 0 bridgehead atoms. The number of alkyl carbamates (subject to hydrolysis) is 2. The third-order valence-electron chi connectivity index (χ3n) is 15.8. The van der Waals surface area contributed by atoms with Crippen molar-refractivity contribution in [2.24, 2.45) is 29.6 Å².